The lowest BCUT2D eigenvalue weighted by Crippen LogP contribution is -2.46. The Morgan fingerprint density at radius 2 is 1.84 bits per heavy atom. The fraction of sp³-hybridized carbons (Fsp3) is 0.364. The van der Waals surface area contributed by atoms with Gasteiger partial charge >= 0.3 is 5.97 Å². The summed E-state index contributed by atoms with van der Waals surface area (Å²) < 4.78 is 34.9. The summed E-state index contributed by atoms with van der Waals surface area (Å²) in [5, 5.41) is 13.3. The average Bonchev–Trinajstić information content (AvgIpc) is 3.27. The summed E-state index contributed by atoms with van der Waals surface area (Å²) in [5.74, 6) is -2.07. The maximum absolute atomic E-state index is 15.3. The van der Waals surface area contributed by atoms with Gasteiger partial charge in [-0.2, -0.15) is 5.26 Å². The van der Waals surface area contributed by atoms with Crippen molar-refractivity contribution in [1.82, 2.24) is 4.90 Å². The van der Waals surface area contributed by atoms with Gasteiger partial charge in [0.15, 0.2) is 0 Å². The summed E-state index contributed by atoms with van der Waals surface area (Å²) in [6.45, 7) is 9.38. The van der Waals surface area contributed by atoms with Crippen LogP contribution in [0.5, 0.6) is 0 Å². The average molecular weight is 631 g/mol. The monoisotopic (exact) mass is 629 g/mol. The van der Waals surface area contributed by atoms with Crippen LogP contribution in [0, 0.1) is 28.4 Å². The summed E-state index contributed by atoms with van der Waals surface area (Å²) >= 11 is 12.1. The fourth-order valence-corrected chi connectivity index (χ4v) is 6.01. The number of carbonyl (C=O) groups is 2. The van der Waals surface area contributed by atoms with Crippen molar-refractivity contribution in [1.29, 1.82) is 5.26 Å². The number of carbonyl (C=O) groups excluding carboxylic acids is 2. The van der Waals surface area contributed by atoms with E-state index in [2.05, 4.69) is 41.8 Å². The van der Waals surface area contributed by atoms with Gasteiger partial charge in [0.2, 0.25) is 6.41 Å². The molecule has 0 radical (unpaired) electrons. The van der Waals surface area contributed by atoms with E-state index in [4.69, 9.17) is 23.2 Å². The minimum absolute atomic E-state index is 0.00163. The maximum atomic E-state index is 15.3. The zero-order chi connectivity index (χ0) is 31.9. The van der Waals surface area contributed by atoms with Crippen LogP contribution in [-0.2, 0) is 14.9 Å². The molecule has 228 valence electrons. The summed E-state index contributed by atoms with van der Waals surface area (Å²) in [6.07, 6.45) is 1.22. The zero-order valence-corrected chi connectivity index (χ0v) is 26.3. The Morgan fingerprint density at radius 1 is 1.16 bits per heavy atom. The van der Waals surface area contributed by atoms with Crippen molar-refractivity contribution in [2.45, 2.75) is 51.5 Å². The topological polar surface area (TPSA) is 82.4 Å². The van der Waals surface area contributed by atoms with Crippen LogP contribution in [0.2, 0.25) is 10.0 Å². The van der Waals surface area contributed by atoms with E-state index in [1.54, 1.807) is 48.5 Å². The van der Waals surface area contributed by atoms with Gasteiger partial charge in [0, 0.05) is 34.8 Å². The molecule has 43 heavy (non-hydrogen) atoms. The van der Waals surface area contributed by atoms with Gasteiger partial charge in [0.05, 0.1) is 23.8 Å². The van der Waals surface area contributed by atoms with Crippen LogP contribution in [0.1, 0.15) is 61.5 Å². The third kappa shape index (κ3) is 7.53. The first-order chi connectivity index (χ1) is 20.3. The van der Waals surface area contributed by atoms with Crippen LogP contribution >= 0.6 is 23.2 Å². The Hall–Kier alpha value is -3.51. The molecule has 1 aliphatic rings. The van der Waals surface area contributed by atoms with Crippen LogP contribution in [0.3, 0.4) is 0 Å². The standard InChI is InChI=1S/C24H26Cl2F2N2.C9H9NO3/c1-5-30-13-18(16-7-6-8-19(26)22(16)28)24(14-29,21(30)12-23(2,3)4)17-10-9-15(25)11-20(17)27;1-13-9(12)7-2-4-8(5-3-7)10-6-11/h6-11,18,21H,5,12-13H2,1-4H3;2-6H,1H3,(H,10,11)/t18?,21?,24-;/m1./s1. The van der Waals surface area contributed by atoms with E-state index in [1.807, 2.05) is 6.92 Å². The van der Waals surface area contributed by atoms with Gasteiger partial charge in [-0.3, -0.25) is 9.69 Å². The molecule has 3 atom stereocenters. The molecule has 0 bridgehead atoms. The second-order valence-electron chi connectivity index (χ2n) is 11.5. The van der Waals surface area contributed by atoms with E-state index in [9.17, 15) is 14.9 Å². The molecular formula is C33H35Cl2F2N3O3. The zero-order valence-electron chi connectivity index (χ0n) is 24.8. The minimum Gasteiger partial charge on any atom is -0.465 e. The molecule has 1 fully saturated rings. The van der Waals surface area contributed by atoms with E-state index in [0.717, 1.165) is 0 Å². The maximum Gasteiger partial charge on any atom is 0.337 e. The molecule has 0 aromatic heterocycles. The van der Waals surface area contributed by atoms with Crippen molar-refractivity contribution in [2.24, 2.45) is 5.41 Å². The molecule has 1 N–H and O–H groups in total. The van der Waals surface area contributed by atoms with E-state index < -0.39 is 28.9 Å². The highest BCUT2D eigenvalue weighted by Gasteiger charge is 2.58. The number of nitriles is 1. The largest absolute Gasteiger partial charge is 0.465 e. The first kappa shape index (κ1) is 34.0. The molecule has 1 heterocycles. The summed E-state index contributed by atoms with van der Waals surface area (Å²) in [4.78, 5) is 23.2. The molecule has 0 aliphatic carbocycles. The molecule has 0 saturated carbocycles. The minimum atomic E-state index is -1.29. The molecule has 0 spiro atoms. The lowest BCUT2D eigenvalue weighted by molar-refractivity contribution is -0.105. The Kier molecular flexibility index (Phi) is 11.3. The molecule has 4 rings (SSSR count). The SMILES string of the molecule is CCN1CC(c2cccc(Cl)c2F)[C@@](C#N)(c2ccc(Cl)cc2F)C1CC(C)(C)C.COC(=O)c1ccc(NC=O)cc1. The van der Waals surface area contributed by atoms with Gasteiger partial charge in [-0.1, -0.05) is 69.1 Å². The number of halogens is 4. The number of likely N-dealkylation sites (tertiary alicyclic amines) is 1. The molecule has 10 heteroatoms. The highest BCUT2D eigenvalue weighted by Crippen LogP contribution is 2.53. The predicted octanol–water partition coefficient (Wildman–Crippen LogP) is 8.00. The van der Waals surface area contributed by atoms with Crippen molar-refractivity contribution >= 4 is 41.3 Å². The van der Waals surface area contributed by atoms with Gasteiger partial charge in [0.1, 0.15) is 17.0 Å². The predicted molar refractivity (Wildman–Crippen MR) is 165 cm³/mol. The first-order valence-corrected chi connectivity index (χ1v) is 14.5. The normalized spacial score (nSPS) is 20.0. The van der Waals surface area contributed by atoms with E-state index in [1.165, 1.54) is 19.2 Å². The van der Waals surface area contributed by atoms with E-state index >= 15 is 8.78 Å². The number of anilines is 1. The smallest absolute Gasteiger partial charge is 0.337 e. The number of hydrogen-bond acceptors (Lipinski definition) is 5. The summed E-state index contributed by atoms with van der Waals surface area (Å²) in [7, 11) is 1.32. The van der Waals surface area contributed by atoms with Crippen molar-refractivity contribution in [3.63, 3.8) is 0 Å². The van der Waals surface area contributed by atoms with Gasteiger partial charge in [0.25, 0.3) is 0 Å². The number of methoxy groups -OCH3 is 1. The molecule has 3 aromatic carbocycles. The van der Waals surface area contributed by atoms with Gasteiger partial charge in [-0.05, 0) is 66.4 Å². The Bertz CT molecular complexity index is 1490. The quantitative estimate of drug-likeness (QED) is 0.211. The molecule has 6 nitrogen and oxygen atoms in total. The number of hydrogen-bond donors (Lipinski definition) is 1. The number of amides is 1. The number of rotatable bonds is 7. The number of likely N-dealkylation sites (N-methyl/N-ethyl adjacent to an activating group) is 1. The molecule has 1 aliphatic heterocycles. The van der Waals surface area contributed by atoms with Crippen molar-refractivity contribution in [2.75, 3.05) is 25.5 Å². The summed E-state index contributed by atoms with van der Waals surface area (Å²) in [5.41, 5.74) is 0.285. The van der Waals surface area contributed by atoms with Crippen LogP contribution in [0.15, 0.2) is 60.7 Å². The lowest BCUT2D eigenvalue weighted by Gasteiger charge is -2.39. The molecule has 3 aromatic rings. The van der Waals surface area contributed by atoms with E-state index in [-0.39, 0.29) is 27.1 Å². The van der Waals surface area contributed by atoms with E-state index in [0.29, 0.717) is 42.7 Å². The Morgan fingerprint density at radius 3 is 2.37 bits per heavy atom. The lowest BCUT2D eigenvalue weighted by atomic mass is 9.64. The van der Waals surface area contributed by atoms with Crippen LogP contribution < -0.4 is 5.32 Å². The number of nitrogens with one attached hydrogen (secondary N) is 1. The third-order valence-electron chi connectivity index (χ3n) is 7.60. The van der Waals surface area contributed by atoms with Crippen LogP contribution in [0.4, 0.5) is 14.5 Å². The second kappa shape index (κ2) is 14.3. The Balaban J connectivity index is 0.000000326. The number of ether oxygens (including phenoxy) is 1. The third-order valence-corrected chi connectivity index (χ3v) is 8.12. The van der Waals surface area contributed by atoms with Gasteiger partial charge in [-0.15, -0.1) is 0 Å². The van der Waals surface area contributed by atoms with Gasteiger partial charge < -0.3 is 10.1 Å². The fourth-order valence-electron chi connectivity index (χ4n) is 5.67. The summed E-state index contributed by atoms with van der Waals surface area (Å²) in [6, 6.07) is 17.8. The first-order valence-electron chi connectivity index (χ1n) is 13.8. The molecule has 1 saturated heterocycles. The van der Waals surface area contributed by atoms with Crippen molar-refractivity contribution in [3.8, 4) is 6.07 Å². The highest BCUT2D eigenvalue weighted by atomic mass is 35.5. The van der Waals surface area contributed by atoms with Crippen LogP contribution in [0.25, 0.3) is 0 Å². The van der Waals surface area contributed by atoms with Gasteiger partial charge in [-0.25, -0.2) is 13.6 Å². The Labute approximate surface area is 261 Å². The number of nitrogens with zero attached hydrogens (tertiary/aromatic N) is 2. The number of benzene rings is 3. The second-order valence-corrected chi connectivity index (χ2v) is 12.3. The molecule has 1 amide bonds. The highest BCUT2D eigenvalue weighted by molar-refractivity contribution is 6.31. The number of esters is 1. The van der Waals surface area contributed by atoms with Crippen LogP contribution in [-0.4, -0.2) is 43.5 Å². The molecule has 2 unspecified atom stereocenters. The molecular weight excluding hydrogens is 595 g/mol. The van der Waals surface area contributed by atoms with Crippen molar-refractivity contribution in [3.05, 3.63) is 99.0 Å². The van der Waals surface area contributed by atoms with Crippen molar-refractivity contribution < 1.29 is 23.1 Å².